The van der Waals surface area contributed by atoms with Crippen LogP contribution >= 0.6 is 0 Å². The Morgan fingerprint density at radius 2 is 2.09 bits per heavy atom. The van der Waals surface area contributed by atoms with Gasteiger partial charge in [-0.25, -0.2) is 9.97 Å². The van der Waals surface area contributed by atoms with Gasteiger partial charge in [-0.15, -0.1) is 0 Å². The third-order valence-electron chi connectivity index (χ3n) is 6.65. The molecule has 1 fully saturated rings. The van der Waals surface area contributed by atoms with E-state index >= 15 is 0 Å². The minimum Gasteiger partial charge on any atom is -0.487 e. The first-order chi connectivity index (χ1) is 15.5. The van der Waals surface area contributed by atoms with Gasteiger partial charge in [0.25, 0.3) is 5.56 Å². The fourth-order valence-corrected chi connectivity index (χ4v) is 5.04. The number of hydrogen-bond donors (Lipinski definition) is 1. The second-order valence-electron chi connectivity index (χ2n) is 8.83. The highest BCUT2D eigenvalue weighted by molar-refractivity contribution is 5.95. The lowest BCUT2D eigenvalue weighted by atomic mass is 10.1. The molecule has 6 rings (SSSR count). The quantitative estimate of drug-likeness (QED) is 0.499. The average Bonchev–Trinajstić information content (AvgIpc) is 3.29. The summed E-state index contributed by atoms with van der Waals surface area (Å²) in [7, 11) is 1.59. The summed E-state index contributed by atoms with van der Waals surface area (Å²) in [5, 5.41) is 3.96. The Bertz CT molecular complexity index is 1420. The van der Waals surface area contributed by atoms with Crippen molar-refractivity contribution in [2.75, 3.05) is 20.2 Å². The Balaban J connectivity index is 1.68. The van der Waals surface area contributed by atoms with Gasteiger partial charge >= 0.3 is 0 Å². The first-order valence-electron chi connectivity index (χ1n) is 11.0. The molecule has 1 saturated heterocycles. The number of fused-ring (bicyclic) bond motifs is 5. The zero-order chi connectivity index (χ0) is 22.0. The summed E-state index contributed by atoms with van der Waals surface area (Å²) < 4.78 is 13.8. The minimum absolute atomic E-state index is 0.0274. The molecule has 1 N–H and O–H groups in total. The number of para-hydroxylation sites is 1. The van der Waals surface area contributed by atoms with Crippen LogP contribution in [0.1, 0.15) is 18.9 Å². The van der Waals surface area contributed by atoms with Crippen molar-refractivity contribution in [3.05, 3.63) is 46.2 Å². The summed E-state index contributed by atoms with van der Waals surface area (Å²) in [6.45, 7) is 6.42. The molecule has 2 aliphatic rings. The molecular weight excluding hydrogens is 406 g/mol. The third-order valence-corrected chi connectivity index (χ3v) is 6.65. The van der Waals surface area contributed by atoms with Crippen molar-refractivity contribution in [3.8, 4) is 22.9 Å². The minimum atomic E-state index is -0.0274. The number of nitrogens with zero attached hydrogens (tertiary/aromatic N) is 4. The Morgan fingerprint density at radius 1 is 1.22 bits per heavy atom. The normalized spacial score (nSPS) is 22.4. The van der Waals surface area contributed by atoms with Crippen LogP contribution in [0.4, 0.5) is 0 Å². The van der Waals surface area contributed by atoms with E-state index in [9.17, 15) is 4.79 Å². The van der Waals surface area contributed by atoms with Crippen molar-refractivity contribution in [2.24, 2.45) is 0 Å². The number of rotatable bonds is 1. The van der Waals surface area contributed by atoms with E-state index in [1.54, 1.807) is 11.8 Å². The molecule has 2 aliphatic heterocycles. The zero-order valence-corrected chi connectivity index (χ0v) is 18.4. The van der Waals surface area contributed by atoms with Gasteiger partial charge in [-0.3, -0.25) is 19.5 Å². The maximum atomic E-state index is 13.1. The van der Waals surface area contributed by atoms with Crippen LogP contribution in [0.25, 0.3) is 33.2 Å². The predicted molar refractivity (Wildman–Crippen MR) is 122 cm³/mol. The van der Waals surface area contributed by atoms with E-state index in [4.69, 9.17) is 19.4 Å². The highest BCUT2D eigenvalue weighted by Crippen LogP contribution is 2.36. The van der Waals surface area contributed by atoms with Gasteiger partial charge in [-0.1, -0.05) is 12.1 Å². The molecule has 4 aromatic rings. The number of nitrogens with one attached hydrogen (secondary N) is 1. The van der Waals surface area contributed by atoms with E-state index in [0.717, 1.165) is 47.4 Å². The smallest absolute Gasteiger partial charge is 0.274 e. The number of hydrogen-bond acceptors (Lipinski definition) is 6. The van der Waals surface area contributed by atoms with Gasteiger partial charge in [0, 0.05) is 31.1 Å². The molecule has 2 aromatic heterocycles. The van der Waals surface area contributed by atoms with Crippen LogP contribution in [-0.4, -0.2) is 57.0 Å². The number of H-pyrrole nitrogens is 1. The largest absolute Gasteiger partial charge is 0.487 e. The van der Waals surface area contributed by atoms with Gasteiger partial charge < -0.3 is 9.47 Å². The summed E-state index contributed by atoms with van der Waals surface area (Å²) >= 11 is 0. The molecule has 0 spiro atoms. The van der Waals surface area contributed by atoms with E-state index in [-0.39, 0.29) is 11.7 Å². The predicted octanol–water partition coefficient (Wildman–Crippen LogP) is 3.11. The van der Waals surface area contributed by atoms with E-state index in [0.29, 0.717) is 35.1 Å². The summed E-state index contributed by atoms with van der Waals surface area (Å²) in [5.41, 5.74) is 4.58. The highest BCUT2D eigenvalue weighted by atomic mass is 16.5. The molecule has 2 aromatic carbocycles. The molecule has 3 atom stereocenters. The van der Waals surface area contributed by atoms with E-state index in [2.05, 4.69) is 16.9 Å². The lowest BCUT2D eigenvalue weighted by Crippen LogP contribution is -2.33. The lowest BCUT2D eigenvalue weighted by Gasteiger charge is -2.21. The molecule has 6 bridgehead atoms. The molecule has 0 aliphatic carbocycles. The first-order valence-corrected chi connectivity index (χ1v) is 11.0. The van der Waals surface area contributed by atoms with Gasteiger partial charge in [0.05, 0.1) is 30.1 Å². The van der Waals surface area contributed by atoms with Crippen molar-refractivity contribution in [2.45, 2.75) is 39.0 Å². The Labute approximate surface area is 184 Å². The van der Waals surface area contributed by atoms with Gasteiger partial charge in [-0.05, 0) is 37.6 Å². The topological polar surface area (TPSA) is 85.3 Å². The Morgan fingerprint density at radius 3 is 2.94 bits per heavy atom. The maximum absolute atomic E-state index is 13.1. The van der Waals surface area contributed by atoms with Gasteiger partial charge in [0.1, 0.15) is 23.1 Å². The van der Waals surface area contributed by atoms with Gasteiger partial charge in [0.2, 0.25) is 5.88 Å². The fraction of sp³-hybridized carbons (Fsp3) is 0.375. The summed E-state index contributed by atoms with van der Waals surface area (Å²) in [4.78, 5) is 25.2. The second kappa shape index (κ2) is 7.06. The Kier molecular flexibility index (Phi) is 4.26. The fourth-order valence-electron chi connectivity index (χ4n) is 5.04. The van der Waals surface area contributed by atoms with Crippen LogP contribution in [-0.2, 0) is 6.54 Å². The number of benzene rings is 2. The van der Waals surface area contributed by atoms with Crippen LogP contribution in [0, 0.1) is 6.92 Å². The molecule has 0 radical (unpaired) electrons. The van der Waals surface area contributed by atoms with Crippen LogP contribution in [0.15, 0.2) is 35.1 Å². The highest BCUT2D eigenvalue weighted by Gasteiger charge is 2.31. The van der Waals surface area contributed by atoms with Crippen LogP contribution in [0.3, 0.4) is 0 Å². The van der Waals surface area contributed by atoms with Gasteiger partial charge in [-0.2, -0.15) is 0 Å². The van der Waals surface area contributed by atoms with Crippen molar-refractivity contribution in [3.63, 3.8) is 0 Å². The van der Waals surface area contributed by atoms with Crippen LogP contribution in [0.5, 0.6) is 11.6 Å². The lowest BCUT2D eigenvalue weighted by molar-refractivity contribution is 0.195. The summed E-state index contributed by atoms with van der Waals surface area (Å²) in [5.74, 6) is 1.16. The van der Waals surface area contributed by atoms with E-state index in [1.807, 2.05) is 37.3 Å². The average molecular weight is 431 g/mol. The maximum Gasteiger partial charge on any atom is 0.274 e. The number of aryl methyl sites for hydroxylation is 1. The third kappa shape index (κ3) is 2.90. The monoisotopic (exact) mass is 431 g/mol. The molecule has 32 heavy (non-hydrogen) atoms. The molecular formula is C24H25N5O3. The standard InChI is InChI=1S/C24H25N5O3/c1-13-9-18-22-19(10-13)32-15-11-14(2)28(12-15)7-8-29-24(30)17-6-4-5-16(20(17)27-29)21(26-22)23(25-18)31-3/h4-6,9-10,14-15,27H,7-8,11-12H2,1-3H3/t14-,15?/m1/s1. The molecule has 4 heterocycles. The molecule has 0 amide bonds. The van der Waals surface area contributed by atoms with Crippen LogP contribution < -0.4 is 15.0 Å². The van der Waals surface area contributed by atoms with Crippen LogP contribution in [0.2, 0.25) is 0 Å². The first kappa shape index (κ1) is 19.3. The van der Waals surface area contributed by atoms with Crippen molar-refractivity contribution >= 4 is 21.9 Å². The number of aromatic nitrogens is 4. The number of aromatic amines is 1. The molecule has 164 valence electrons. The van der Waals surface area contributed by atoms with E-state index < -0.39 is 0 Å². The van der Waals surface area contributed by atoms with Crippen molar-refractivity contribution < 1.29 is 9.47 Å². The summed E-state index contributed by atoms with van der Waals surface area (Å²) in [6.07, 6.45) is 0.986. The number of methoxy groups -OCH3 is 1. The molecule has 0 saturated carbocycles. The molecule has 2 unspecified atom stereocenters. The van der Waals surface area contributed by atoms with Gasteiger partial charge in [0.15, 0.2) is 0 Å². The van der Waals surface area contributed by atoms with E-state index in [1.165, 1.54) is 0 Å². The second-order valence-corrected chi connectivity index (χ2v) is 8.83. The Hall–Kier alpha value is -3.39. The molecule has 8 nitrogen and oxygen atoms in total. The zero-order valence-electron chi connectivity index (χ0n) is 18.4. The molecule has 8 heteroatoms. The number of ether oxygens (including phenoxy) is 2. The van der Waals surface area contributed by atoms with Crippen molar-refractivity contribution in [1.29, 1.82) is 0 Å². The van der Waals surface area contributed by atoms with Crippen molar-refractivity contribution in [1.82, 2.24) is 24.6 Å². The SMILES string of the molecule is COc1nc2cc(C)cc3c2nc1-c1cccc2c(=O)n([nH]c12)CCN1CC(C[C@H]1C)O3. The summed E-state index contributed by atoms with van der Waals surface area (Å²) in [6, 6.07) is 10.1.